The van der Waals surface area contributed by atoms with E-state index in [2.05, 4.69) is 36.3 Å². The number of carbonyl (C=O) groups is 1. The maximum atomic E-state index is 12.4. The van der Waals surface area contributed by atoms with Gasteiger partial charge in [-0.15, -0.1) is 0 Å². The molecule has 0 spiro atoms. The zero-order valence-corrected chi connectivity index (χ0v) is 15.6. The molecule has 1 amide bonds. The van der Waals surface area contributed by atoms with E-state index in [0.717, 1.165) is 28.5 Å². The van der Waals surface area contributed by atoms with Crippen molar-refractivity contribution in [3.8, 4) is 0 Å². The van der Waals surface area contributed by atoms with Gasteiger partial charge in [0.1, 0.15) is 11.6 Å². The highest BCUT2D eigenvalue weighted by molar-refractivity contribution is 5.91. The summed E-state index contributed by atoms with van der Waals surface area (Å²) < 4.78 is 7.01. The molecule has 2 aromatic rings. The van der Waals surface area contributed by atoms with Crippen molar-refractivity contribution in [2.75, 3.05) is 18.9 Å². The Bertz CT molecular complexity index is 704. The topological polar surface area (TPSA) is 76.2 Å². The predicted octanol–water partition coefficient (Wildman–Crippen LogP) is 2.62. The van der Waals surface area contributed by atoms with E-state index in [1.807, 2.05) is 43.5 Å². The third kappa shape index (κ3) is 4.23. The van der Waals surface area contributed by atoms with Crippen LogP contribution >= 0.6 is 0 Å². The molecule has 0 aliphatic carbocycles. The Morgan fingerprint density at radius 3 is 2.54 bits per heavy atom. The van der Waals surface area contributed by atoms with Gasteiger partial charge in [0.05, 0.1) is 23.5 Å². The smallest absolute Gasteiger partial charge is 0.239 e. The summed E-state index contributed by atoms with van der Waals surface area (Å²) in [7, 11) is 1.90. The van der Waals surface area contributed by atoms with Crippen molar-refractivity contribution in [1.82, 2.24) is 19.8 Å². The molecule has 0 atom stereocenters. The van der Waals surface area contributed by atoms with Crippen LogP contribution < -0.4 is 5.32 Å². The molecule has 0 saturated carbocycles. The number of amides is 1. The van der Waals surface area contributed by atoms with Crippen molar-refractivity contribution < 1.29 is 9.32 Å². The Hall–Kier alpha value is -2.15. The second-order valence-corrected chi connectivity index (χ2v) is 7.28. The quantitative estimate of drug-likeness (QED) is 0.910. The average molecular weight is 333 g/mol. The van der Waals surface area contributed by atoms with Crippen molar-refractivity contribution in [1.29, 1.82) is 0 Å². The predicted molar refractivity (Wildman–Crippen MR) is 92.9 cm³/mol. The Morgan fingerprint density at radius 2 is 2.00 bits per heavy atom. The van der Waals surface area contributed by atoms with Gasteiger partial charge in [-0.05, 0) is 48.6 Å². The number of rotatable bonds is 5. The van der Waals surface area contributed by atoms with Crippen LogP contribution in [0.2, 0.25) is 0 Å². The third-order valence-corrected chi connectivity index (χ3v) is 3.76. The first-order chi connectivity index (χ1) is 11.1. The molecule has 0 radical (unpaired) electrons. The van der Waals surface area contributed by atoms with Gasteiger partial charge >= 0.3 is 0 Å². The Morgan fingerprint density at radius 1 is 1.33 bits per heavy atom. The summed E-state index contributed by atoms with van der Waals surface area (Å²) in [6, 6.07) is 1.89. The molecule has 0 bridgehead atoms. The minimum Gasteiger partial charge on any atom is -0.361 e. The van der Waals surface area contributed by atoms with E-state index in [1.165, 1.54) is 0 Å². The van der Waals surface area contributed by atoms with Crippen LogP contribution in [0.15, 0.2) is 10.6 Å². The van der Waals surface area contributed by atoms with Gasteiger partial charge in [0.2, 0.25) is 5.91 Å². The average Bonchev–Trinajstić information content (AvgIpc) is 2.95. The molecule has 0 aromatic carbocycles. The summed E-state index contributed by atoms with van der Waals surface area (Å²) in [5.41, 5.74) is 2.57. The van der Waals surface area contributed by atoms with E-state index in [-0.39, 0.29) is 18.0 Å². The van der Waals surface area contributed by atoms with E-state index in [4.69, 9.17) is 4.52 Å². The highest BCUT2D eigenvalue weighted by Gasteiger charge is 2.20. The molecular formula is C17H27N5O2. The number of anilines is 1. The van der Waals surface area contributed by atoms with Crippen LogP contribution in [0.4, 0.5) is 5.82 Å². The number of nitrogens with zero attached hydrogens (tertiary/aromatic N) is 4. The zero-order valence-electron chi connectivity index (χ0n) is 15.6. The van der Waals surface area contributed by atoms with Crippen molar-refractivity contribution in [3.63, 3.8) is 0 Å². The normalized spacial score (nSPS) is 12.0. The van der Waals surface area contributed by atoms with Gasteiger partial charge in [0, 0.05) is 18.2 Å². The van der Waals surface area contributed by atoms with Crippen LogP contribution in [-0.2, 0) is 16.9 Å². The van der Waals surface area contributed by atoms with E-state index in [0.29, 0.717) is 6.54 Å². The maximum Gasteiger partial charge on any atom is 0.239 e. The summed E-state index contributed by atoms with van der Waals surface area (Å²) >= 11 is 0. The van der Waals surface area contributed by atoms with E-state index >= 15 is 0 Å². The highest BCUT2D eigenvalue weighted by Crippen LogP contribution is 2.21. The summed E-state index contributed by atoms with van der Waals surface area (Å²) in [6.45, 7) is 12.8. The van der Waals surface area contributed by atoms with Crippen molar-refractivity contribution in [3.05, 3.63) is 28.8 Å². The van der Waals surface area contributed by atoms with Crippen LogP contribution in [0.25, 0.3) is 0 Å². The molecule has 132 valence electrons. The second-order valence-electron chi connectivity index (χ2n) is 7.28. The van der Waals surface area contributed by atoms with Gasteiger partial charge in [-0.2, -0.15) is 5.10 Å². The number of aromatic nitrogens is 3. The third-order valence-electron chi connectivity index (χ3n) is 3.76. The lowest BCUT2D eigenvalue weighted by atomic mass is 10.1. The number of hydrogen-bond donors (Lipinski definition) is 1. The first-order valence-electron chi connectivity index (χ1n) is 8.05. The summed E-state index contributed by atoms with van der Waals surface area (Å²) in [6.07, 6.45) is 0. The molecule has 0 aliphatic heterocycles. The molecular weight excluding hydrogens is 306 g/mol. The minimum absolute atomic E-state index is 0.0744. The van der Waals surface area contributed by atoms with Crippen molar-refractivity contribution in [2.45, 2.75) is 53.6 Å². The summed E-state index contributed by atoms with van der Waals surface area (Å²) in [5, 5.41) is 11.4. The molecule has 0 aliphatic rings. The Kier molecular flexibility index (Phi) is 5.13. The SMILES string of the molecule is Cc1cc(NC(=O)CN(C)Cc2c(C)noc2C)n(C(C)(C)C)n1. The molecule has 2 aromatic heterocycles. The van der Waals surface area contributed by atoms with Crippen LogP contribution in [0.5, 0.6) is 0 Å². The lowest BCUT2D eigenvalue weighted by Crippen LogP contribution is -2.32. The maximum absolute atomic E-state index is 12.4. The van der Waals surface area contributed by atoms with Gasteiger partial charge in [-0.25, -0.2) is 4.68 Å². The molecule has 7 heteroatoms. The van der Waals surface area contributed by atoms with Gasteiger partial charge < -0.3 is 9.84 Å². The number of aryl methyl sites for hydroxylation is 3. The number of likely N-dealkylation sites (N-methyl/N-ethyl adjacent to an activating group) is 1. The van der Waals surface area contributed by atoms with Crippen LogP contribution in [0.3, 0.4) is 0 Å². The molecule has 0 fully saturated rings. The van der Waals surface area contributed by atoms with E-state index in [1.54, 1.807) is 0 Å². The first kappa shape index (κ1) is 18.2. The van der Waals surface area contributed by atoms with Gasteiger partial charge in [-0.3, -0.25) is 9.69 Å². The fourth-order valence-electron chi connectivity index (χ4n) is 2.58. The first-order valence-corrected chi connectivity index (χ1v) is 8.05. The molecule has 24 heavy (non-hydrogen) atoms. The van der Waals surface area contributed by atoms with Gasteiger partial charge in [0.25, 0.3) is 0 Å². The summed E-state index contributed by atoms with van der Waals surface area (Å²) in [5.74, 6) is 1.44. The zero-order chi connectivity index (χ0) is 18.1. The Balaban J connectivity index is 2.01. The molecule has 1 N–H and O–H groups in total. The largest absolute Gasteiger partial charge is 0.361 e. The monoisotopic (exact) mass is 333 g/mol. The van der Waals surface area contributed by atoms with Crippen molar-refractivity contribution in [2.24, 2.45) is 0 Å². The van der Waals surface area contributed by atoms with Gasteiger partial charge in [-0.1, -0.05) is 5.16 Å². The Labute approximate surface area is 143 Å². The highest BCUT2D eigenvalue weighted by atomic mass is 16.5. The van der Waals surface area contributed by atoms with Gasteiger partial charge in [0.15, 0.2) is 0 Å². The summed E-state index contributed by atoms with van der Waals surface area (Å²) in [4.78, 5) is 14.3. The van der Waals surface area contributed by atoms with E-state index in [9.17, 15) is 4.79 Å². The lowest BCUT2D eigenvalue weighted by molar-refractivity contribution is -0.117. The fourth-order valence-corrected chi connectivity index (χ4v) is 2.58. The number of nitrogens with one attached hydrogen (secondary N) is 1. The number of carbonyl (C=O) groups excluding carboxylic acids is 1. The molecule has 2 heterocycles. The van der Waals surface area contributed by atoms with E-state index < -0.39 is 0 Å². The molecule has 0 saturated heterocycles. The molecule has 2 rings (SSSR count). The van der Waals surface area contributed by atoms with Crippen LogP contribution in [-0.4, -0.2) is 39.3 Å². The molecule has 7 nitrogen and oxygen atoms in total. The lowest BCUT2D eigenvalue weighted by Gasteiger charge is -2.23. The second kappa shape index (κ2) is 6.76. The fraction of sp³-hybridized carbons (Fsp3) is 0.588. The van der Waals surface area contributed by atoms with Crippen LogP contribution in [0, 0.1) is 20.8 Å². The van der Waals surface area contributed by atoms with Crippen molar-refractivity contribution >= 4 is 11.7 Å². The van der Waals surface area contributed by atoms with Crippen LogP contribution in [0.1, 0.15) is 43.5 Å². The number of hydrogen-bond acceptors (Lipinski definition) is 5. The molecule has 0 unspecified atom stereocenters. The standard InChI is InChI=1S/C17H27N5O2/c1-11-8-15(22(19-11)17(4,5)6)18-16(23)10-21(7)9-14-12(2)20-24-13(14)3/h8H,9-10H2,1-7H3,(H,18,23). The minimum atomic E-state index is -0.195.